The maximum absolute atomic E-state index is 11.9. The van der Waals surface area contributed by atoms with E-state index < -0.39 is 16.9 Å². The zero-order valence-electron chi connectivity index (χ0n) is 11.8. The van der Waals surface area contributed by atoms with E-state index in [1.807, 2.05) is 0 Å². The van der Waals surface area contributed by atoms with Gasteiger partial charge in [-0.1, -0.05) is 0 Å². The van der Waals surface area contributed by atoms with Crippen molar-refractivity contribution in [3.05, 3.63) is 33.9 Å². The monoisotopic (exact) mass is 295 g/mol. The van der Waals surface area contributed by atoms with Gasteiger partial charge in [0.2, 0.25) is 0 Å². The van der Waals surface area contributed by atoms with Crippen molar-refractivity contribution in [2.45, 2.75) is 19.8 Å². The lowest BCUT2D eigenvalue weighted by Crippen LogP contribution is -2.32. The second-order valence-corrected chi connectivity index (χ2v) is 4.61. The molecule has 0 aliphatic heterocycles. The van der Waals surface area contributed by atoms with Crippen molar-refractivity contribution in [1.82, 2.24) is 4.90 Å². The highest BCUT2D eigenvalue weighted by molar-refractivity contribution is 5.90. The molecule has 2 amide bonds. The number of anilines is 1. The Hall–Kier alpha value is -2.64. The molecule has 8 heteroatoms. The average Bonchev–Trinajstić information content (AvgIpc) is 2.40. The summed E-state index contributed by atoms with van der Waals surface area (Å²) in [4.78, 5) is 33.8. The third-order valence-electron chi connectivity index (χ3n) is 2.89. The lowest BCUT2D eigenvalue weighted by Gasteiger charge is -2.18. The fourth-order valence-electron chi connectivity index (χ4n) is 1.68. The van der Waals surface area contributed by atoms with E-state index >= 15 is 0 Å². The number of nitro benzene ring substituents is 1. The second-order valence-electron chi connectivity index (χ2n) is 4.61. The molecule has 1 aromatic rings. The molecule has 0 aliphatic rings. The first kappa shape index (κ1) is 16.4. The van der Waals surface area contributed by atoms with Crippen LogP contribution in [-0.4, -0.2) is 40.5 Å². The topological polar surface area (TPSA) is 113 Å². The van der Waals surface area contributed by atoms with Gasteiger partial charge in [0.15, 0.2) is 0 Å². The maximum atomic E-state index is 11.9. The third-order valence-corrected chi connectivity index (χ3v) is 2.89. The van der Waals surface area contributed by atoms with Crippen LogP contribution in [0.5, 0.6) is 0 Å². The highest BCUT2D eigenvalue weighted by Crippen LogP contribution is 2.21. The summed E-state index contributed by atoms with van der Waals surface area (Å²) in [5.74, 6) is -0.907. The minimum absolute atomic E-state index is 0.00577. The summed E-state index contributed by atoms with van der Waals surface area (Å²) >= 11 is 0. The smallest absolute Gasteiger partial charge is 0.321 e. The molecule has 0 saturated carbocycles. The van der Waals surface area contributed by atoms with Gasteiger partial charge in [-0.3, -0.25) is 14.9 Å². The minimum atomic E-state index is -0.907. The van der Waals surface area contributed by atoms with E-state index in [0.717, 1.165) is 0 Å². The quantitative estimate of drug-likeness (QED) is 0.617. The number of benzene rings is 1. The van der Waals surface area contributed by atoms with Crippen molar-refractivity contribution in [3.63, 3.8) is 0 Å². The molecule has 1 aromatic carbocycles. The molecule has 0 radical (unpaired) electrons. The van der Waals surface area contributed by atoms with Crippen LogP contribution in [0.1, 0.15) is 18.4 Å². The summed E-state index contributed by atoms with van der Waals surface area (Å²) in [7, 11) is 1.55. The molecule has 114 valence electrons. The van der Waals surface area contributed by atoms with Crippen LogP contribution < -0.4 is 5.32 Å². The summed E-state index contributed by atoms with van der Waals surface area (Å²) in [6, 6.07) is 3.76. The molecular formula is C13H17N3O5. The highest BCUT2D eigenvalue weighted by atomic mass is 16.6. The molecule has 8 nitrogen and oxygen atoms in total. The van der Waals surface area contributed by atoms with Crippen LogP contribution in [0.4, 0.5) is 16.2 Å². The Balaban J connectivity index is 2.62. The lowest BCUT2D eigenvalue weighted by atomic mass is 10.2. The Morgan fingerprint density at radius 1 is 1.43 bits per heavy atom. The molecule has 0 fully saturated rings. The van der Waals surface area contributed by atoms with Gasteiger partial charge in [0.25, 0.3) is 5.69 Å². The molecule has 21 heavy (non-hydrogen) atoms. The number of carbonyl (C=O) groups excluding carboxylic acids is 1. The second kappa shape index (κ2) is 7.22. The summed E-state index contributed by atoms with van der Waals surface area (Å²) in [5, 5.41) is 21.8. The molecule has 1 rings (SSSR count). The number of urea groups is 1. The zero-order chi connectivity index (χ0) is 16.0. The summed E-state index contributed by atoms with van der Waals surface area (Å²) < 4.78 is 0. The van der Waals surface area contributed by atoms with Gasteiger partial charge in [-0.05, 0) is 25.0 Å². The Labute approximate surface area is 121 Å². The lowest BCUT2D eigenvalue weighted by molar-refractivity contribution is -0.384. The van der Waals surface area contributed by atoms with E-state index in [4.69, 9.17) is 5.11 Å². The molecule has 0 atom stereocenters. The van der Waals surface area contributed by atoms with Gasteiger partial charge in [-0.2, -0.15) is 0 Å². The number of carboxylic acids is 1. The first-order chi connectivity index (χ1) is 9.81. The van der Waals surface area contributed by atoms with Crippen LogP contribution in [0.3, 0.4) is 0 Å². The highest BCUT2D eigenvalue weighted by Gasteiger charge is 2.13. The first-order valence-electron chi connectivity index (χ1n) is 6.30. The Bertz CT molecular complexity index is 559. The number of nitrogens with one attached hydrogen (secondary N) is 1. The molecular weight excluding hydrogens is 278 g/mol. The van der Waals surface area contributed by atoms with Crippen molar-refractivity contribution in [2.75, 3.05) is 18.9 Å². The van der Waals surface area contributed by atoms with Crippen LogP contribution in [0.25, 0.3) is 0 Å². The Morgan fingerprint density at radius 3 is 2.62 bits per heavy atom. The van der Waals surface area contributed by atoms with Gasteiger partial charge in [-0.25, -0.2) is 4.79 Å². The number of rotatable bonds is 6. The predicted molar refractivity (Wildman–Crippen MR) is 76.4 cm³/mol. The minimum Gasteiger partial charge on any atom is -0.481 e. The number of nitro groups is 1. The summed E-state index contributed by atoms with van der Waals surface area (Å²) in [6.07, 6.45) is 0.354. The maximum Gasteiger partial charge on any atom is 0.321 e. The van der Waals surface area contributed by atoms with Gasteiger partial charge in [0.05, 0.1) is 4.92 Å². The molecule has 0 spiro atoms. The van der Waals surface area contributed by atoms with Crippen molar-refractivity contribution in [3.8, 4) is 0 Å². The van der Waals surface area contributed by atoms with E-state index in [1.165, 1.54) is 23.1 Å². The standard InChI is InChI=1S/C13H17N3O5/c1-9-8-10(16(20)21)5-6-11(9)14-13(19)15(2)7-3-4-12(17)18/h5-6,8H,3-4,7H2,1-2H3,(H,14,19)(H,17,18). The van der Waals surface area contributed by atoms with Crippen molar-refractivity contribution >= 4 is 23.4 Å². The van der Waals surface area contributed by atoms with E-state index in [-0.39, 0.29) is 12.1 Å². The van der Waals surface area contributed by atoms with Crippen LogP contribution in [0.15, 0.2) is 18.2 Å². The molecule has 0 aliphatic carbocycles. The number of hydrogen-bond acceptors (Lipinski definition) is 4. The normalized spacial score (nSPS) is 10.0. The molecule has 0 unspecified atom stereocenters. The van der Waals surface area contributed by atoms with Gasteiger partial charge in [0.1, 0.15) is 0 Å². The van der Waals surface area contributed by atoms with Crippen molar-refractivity contribution in [2.24, 2.45) is 0 Å². The molecule has 0 saturated heterocycles. The van der Waals surface area contributed by atoms with Crippen LogP contribution in [0, 0.1) is 17.0 Å². The molecule has 2 N–H and O–H groups in total. The van der Waals surface area contributed by atoms with Crippen LogP contribution in [-0.2, 0) is 4.79 Å². The number of carboxylic acid groups (broad SMARTS) is 1. The summed E-state index contributed by atoms with van der Waals surface area (Å²) in [5.41, 5.74) is 1.02. The number of amides is 2. The number of aliphatic carboxylic acids is 1. The van der Waals surface area contributed by atoms with Crippen molar-refractivity contribution < 1.29 is 19.6 Å². The van der Waals surface area contributed by atoms with Gasteiger partial charge in [-0.15, -0.1) is 0 Å². The zero-order valence-corrected chi connectivity index (χ0v) is 11.8. The predicted octanol–water partition coefficient (Wildman–Crippen LogP) is 2.23. The van der Waals surface area contributed by atoms with Gasteiger partial charge in [0, 0.05) is 37.8 Å². The fraction of sp³-hybridized carbons (Fsp3) is 0.385. The van der Waals surface area contributed by atoms with Gasteiger partial charge >= 0.3 is 12.0 Å². The van der Waals surface area contributed by atoms with E-state index in [0.29, 0.717) is 24.2 Å². The molecule has 0 aromatic heterocycles. The number of nitrogens with zero attached hydrogens (tertiary/aromatic N) is 2. The molecule has 0 bridgehead atoms. The van der Waals surface area contributed by atoms with Crippen LogP contribution >= 0.6 is 0 Å². The van der Waals surface area contributed by atoms with E-state index in [9.17, 15) is 19.7 Å². The largest absolute Gasteiger partial charge is 0.481 e. The first-order valence-corrected chi connectivity index (χ1v) is 6.30. The van der Waals surface area contributed by atoms with Crippen molar-refractivity contribution in [1.29, 1.82) is 0 Å². The summed E-state index contributed by atoms with van der Waals surface area (Å²) in [6.45, 7) is 1.97. The SMILES string of the molecule is Cc1cc([N+](=O)[O-])ccc1NC(=O)N(C)CCCC(=O)O. The number of non-ortho nitro benzene ring substituents is 1. The number of hydrogen-bond donors (Lipinski definition) is 2. The fourth-order valence-corrected chi connectivity index (χ4v) is 1.68. The van der Waals surface area contributed by atoms with E-state index in [2.05, 4.69) is 5.32 Å². The number of aryl methyl sites for hydroxylation is 1. The third kappa shape index (κ3) is 5.09. The Kier molecular flexibility index (Phi) is 5.65. The van der Waals surface area contributed by atoms with E-state index in [1.54, 1.807) is 14.0 Å². The van der Waals surface area contributed by atoms with Crippen LogP contribution in [0.2, 0.25) is 0 Å². The average molecular weight is 295 g/mol. The molecule has 0 heterocycles. The Morgan fingerprint density at radius 2 is 2.10 bits per heavy atom. The number of carbonyl (C=O) groups is 2. The van der Waals surface area contributed by atoms with Gasteiger partial charge < -0.3 is 15.3 Å².